The van der Waals surface area contributed by atoms with Crippen LogP contribution >= 0.6 is 0 Å². The van der Waals surface area contributed by atoms with E-state index < -0.39 is 5.97 Å². The lowest BCUT2D eigenvalue weighted by molar-refractivity contribution is -0.144. The average Bonchev–Trinajstić information content (AvgIpc) is 3.07. The molecule has 1 saturated carbocycles. The SMILES string of the molecule is CN1CCN(C(=O)C2CCCC2)C[C@@]12CCC(=O)N(CC(=O)O)CC2. The number of aliphatic carboxylic acids is 1. The molecule has 0 unspecified atom stereocenters. The molecule has 1 N–H and O–H groups in total. The molecule has 0 radical (unpaired) electrons. The first-order valence-corrected chi connectivity index (χ1v) is 9.41. The van der Waals surface area contributed by atoms with Crippen molar-refractivity contribution >= 4 is 17.8 Å². The van der Waals surface area contributed by atoms with Crippen LogP contribution in [0.25, 0.3) is 0 Å². The summed E-state index contributed by atoms with van der Waals surface area (Å²) in [5, 5.41) is 9.01. The lowest BCUT2D eigenvalue weighted by Gasteiger charge is -2.49. The number of piperazine rings is 1. The Bertz CT molecular complexity index is 546. The highest BCUT2D eigenvalue weighted by Gasteiger charge is 2.44. The maximum Gasteiger partial charge on any atom is 0.323 e. The summed E-state index contributed by atoms with van der Waals surface area (Å²) in [5.41, 5.74) is -0.213. The summed E-state index contributed by atoms with van der Waals surface area (Å²) in [6.45, 7) is 2.43. The van der Waals surface area contributed by atoms with E-state index in [0.29, 0.717) is 25.9 Å². The fourth-order valence-electron chi connectivity index (χ4n) is 4.64. The van der Waals surface area contributed by atoms with Crippen molar-refractivity contribution in [1.29, 1.82) is 0 Å². The van der Waals surface area contributed by atoms with Crippen LogP contribution in [-0.2, 0) is 14.4 Å². The third-order valence-electron chi connectivity index (χ3n) is 6.35. The standard InChI is InChI=1S/C18H29N3O4/c1-19-10-11-21(17(25)14-4-2-3-5-14)13-18(19)7-6-15(22)20(9-8-18)12-16(23)24/h14H,2-13H2,1H3,(H,23,24)/t18-/m0/s1. The summed E-state index contributed by atoms with van der Waals surface area (Å²) in [7, 11) is 2.06. The number of carbonyl (C=O) groups is 3. The molecule has 3 aliphatic rings. The second-order valence-electron chi connectivity index (χ2n) is 7.85. The van der Waals surface area contributed by atoms with Gasteiger partial charge in [0.15, 0.2) is 0 Å². The van der Waals surface area contributed by atoms with Gasteiger partial charge in [0, 0.05) is 44.1 Å². The van der Waals surface area contributed by atoms with Gasteiger partial charge in [-0.25, -0.2) is 0 Å². The Morgan fingerprint density at radius 3 is 2.56 bits per heavy atom. The van der Waals surface area contributed by atoms with Crippen LogP contribution in [0.5, 0.6) is 0 Å². The largest absolute Gasteiger partial charge is 0.480 e. The van der Waals surface area contributed by atoms with Crippen LogP contribution in [0.15, 0.2) is 0 Å². The lowest BCUT2D eigenvalue weighted by Crippen LogP contribution is -2.62. The maximum absolute atomic E-state index is 12.8. The second kappa shape index (κ2) is 7.32. The molecule has 0 bridgehead atoms. The van der Waals surface area contributed by atoms with Crippen LogP contribution in [-0.4, -0.2) is 82.9 Å². The van der Waals surface area contributed by atoms with E-state index >= 15 is 0 Å². The minimum Gasteiger partial charge on any atom is -0.480 e. The molecule has 2 heterocycles. The van der Waals surface area contributed by atoms with Gasteiger partial charge in [0.25, 0.3) is 0 Å². The molecule has 2 saturated heterocycles. The van der Waals surface area contributed by atoms with Gasteiger partial charge >= 0.3 is 5.97 Å². The Labute approximate surface area is 148 Å². The van der Waals surface area contributed by atoms with Gasteiger partial charge in [-0.15, -0.1) is 0 Å². The van der Waals surface area contributed by atoms with Crippen molar-refractivity contribution in [2.75, 3.05) is 39.8 Å². The van der Waals surface area contributed by atoms with Gasteiger partial charge in [0.2, 0.25) is 11.8 Å². The second-order valence-corrected chi connectivity index (χ2v) is 7.85. The van der Waals surface area contributed by atoms with E-state index in [1.807, 2.05) is 4.90 Å². The third-order valence-corrected chi connectivity index (χ3v) is 6.35. The van der Waals surface area contributed by atoms with Crippen LogP contribution in [0.4, 0.5) is 0 Å². The van der Waals surface area contributed by atoms with Crippen LogP contribution < -0.4 is 0 Å². The third kappa shape index (κ3) is 3.81. The van der Waals surface area contributed by atoms with E-state index in [0.717, 1.165) is 45.2 Å². The molecule has 7 heteroatoms. The summed E-state index contributed by atoms with van der Waals surface area (Å²) >= 11 is 0. The monoisotopic (exact) mass is 351 g/mol. The van der Waals surface area contributed by atoms with Crippen LogP contribution in [0.1, 0.15) is 44.9 Å². The Morgan fingerprint density at radius 2 is 1.88 bits per heavy atom. The first-order valence-electron chi connectivity index (χ1n) is 9.41. The fraction of sp³-hybridized carbons (Fsp3) is 0.833. The maximum atomic E-state index is 12.8. The number of carboxylic acid groups (broad SMARTS) is 1. The van der Waals surface area contributed by atoms with Crippen LogP contribution in [0.2, 0.25) is 0 Å². The molecule has 7 nitrogen and oxygen atoms in total. The molecular weight excluding hydrogens is 322 g/mol. The van der Waals surface area contributed by atoms with Crippen molar-refractivity contribution in [3.05, 3.63) is 0 Å². The minimum atomic E-state index is -0.973. The molecule has 25 heavy (non-hydrogen) atoms. The van der Waals surface area contributed by atoms with Gasteiger partial charge in [-0.2, -0.15) is 0 Å². The summed E-state index contributed by atoms with van der Waals surface area (Å²) in [4.78, 5) is 41.8. The topological polar surface area (TPSA) is 81.2 Å². The number of rotatable bonds is 3. The molecule has 2 amide bonds. The number of hydrogen-bond donors (Lipinski definition) is 1. The number of nitrogens with zero attached hydrogens (tertiary/aromatic N) is 3. The van der Waals surface area contributed by atoms with Gasteiger partial charge in [0.05, 0.1) is 0 Å². The molecule has 1 aliphatic carbocycles. The minimum absolute atomic E-state index is 0.0908. The summed E-state index contributed by atoms with van der Waals surface area (Å²) in [5.74, 6) is -0.606. The molecule has 140 valence electrons. The van der Waals surface area contributed by atoms with Crippen molar-refractivity contribution in [2.45, 2.75) is 50.5 Å². The molecule has 0 aromatic carbocycles. The zero-order chi connectivity index (χ0) is 18.0. The zero-order valence-electron chi connectivity index (χ0n) is 15.1. The average molecular weight is 351 g/mol. The molecule has 2 aliphatic heterocycles. The molecule has 3 fully saturated rings. The van der Waals surface area contributed by atoms with Gasteiger partial charge in [0.1, 0.15) is 6.54 Å². The van der Waals surface area contributed by atoms with Crippen molar-refractivity contribution in [2.24, 2.45) is 5.92 Å². The highest BCUT2D eigenvalue weighted by atomic mass is 16.4. The quantitative estimate of drug-likeness (QED) is 0.813. The van der Waals surface area contributed by atoms with Crippen molar-refractivity contribution in [3.63, 3.8) is 0 Å². The van der Waals surface area contributed by atoms with E-state index in [2.05, 4.69) is 11.9 Å². The van der Waals surface area contributed by atoms with E-state index in [9.17, 15) is 14.4 Å². The van der Waals surface area contributed by atoms with Crippen LogP contribution in [0.3, 0.4) is 0 Å². The fourth-order valence-corrected chi connectivity index (χ4v) is 4.64. The lowest BCUT2D eigenvalue weighted by atomic mass is 9.85. The van der Waals surface area contributed by atoms with Crippen molar-refractivity contribution in [1.82, 2.24) is 14.7 Å². The smallest absolute Gasteiger partial charge is 0.323 e. The molecule has 0 aromatic heterocycles. The summed E-state index contributed by atoms with van der Waals surface area (Å²) in [6.07, 6.45) is 6.06. The Morgan fingerprint density at radius 1 is 1.16 bits per heavy atom. The van der Waals surface area contributed by atoms with Crippen LogP contribution in [0, 0.1) is 5.92 Å². The highest BCUT2D eigenvalue weighted by Crippen LogP contribution is 2.34. The number of likely N-dealkylation sites (tertiary alicyclic amines) is 1. The van der Waals surface area contributed by atoms with Gasteiger partial charge < -0.3 is 14.9 Å². The molecule has 0 aromatic rings. The van der Waals surface area contributed by atoms with Crippen molar-refractivity contribution in [3.8, 4) is 0 Å². The zero-order valence-corrected chi connectivity index (χ0v) is 15.1. The predicted molar refractivity (Wildman–Crippen MR) is 92.0 cm³/mol. The van der Waals surface area contributed by atoms with Crippen molar-refractivity contribution < 1.29 is 19.5 Å². The highest BCUT2D eigenvalue weighted by molar-refractivity contribution is 5.82. The number of carbonyl (C=O) groups excluding carboxylic acids is 2. The van der Waals surface area contributed by atoms with Gasteiger partial charge in [-0.1, -0.05) is 12.8 Å². The van der Waals surface area contributed by atoms with E-state index in [1.54, 1.807) is 0 Å². The Kier molecular flexibility index (Phi) is 5.32. The summed E-state index contributed by atoms with van der Waals surface area (Å²) < 4.78 is 0. The Hall–Kier alpha value is -1.63. The molecule has 3 rings (SSSR count). The molecular formula is C18H29N3O4. The number of amides is 2. The predicted octanol–water partition coefficient (Wildman–Crippen LogP) is 0.787. The normalized spacial score (nSPS) is 29.2. The summed E-state index contributed by atoms with van der Waals surface area (Å²) in [6, 6.07) is 0. The first-order chi connectivity index (χ1) is 11.9. The molecule has 1 spiro atoms. The van der Waals surface area contributed by atoms with E-state index in [-0.39, 0.29) is 29.8 Å². The van der Waals surface area contributed by atoms with Gasteiger partial charge in [-0.05, 0) is 32.7 Å². The van der Waals surface area contributed by atoms with E-state index in [1.165, 1.54) is 4.90 Å². The first kappa shape index (κ1) is 18.2. The number of carboxylic acids is 1. The molecule has 1 atom stereocenters. The Balaban J connectivity index is 1.71. The number of hydrogen-bond acceptors (Lipinski definition) is 4. The van der Waals surface area contributed by atoms with Gasteiger partial charge in [-0.3, -0.25) is 19.3 Å². The number of likely N-dealkylation sites (N-methyl/N-ethyl adjacent to an activating group) is 1. The van der Waals surface area contributed by atoms with E-state index in [4.69, 9.17) is 5.11 Å².